The number of amides is 2. The minimum atomic E-state index is 0.00405. The van der Waals surface area contributed by atoms with Gasteiger partial charge in [0.05, 0.1) is 6.54 Å². The molecule has 26 heavy (non-hydrogen) atoms. The van der Waals surface area contributed by atoms with Crippen LogP contribution < -0.4 is 10.6 Å². The maximum atomic E-state index is 12.2. The highest BCUT2D eigenvalue weighted by atomic mass is 32.2. The van der Waals surface area contributed by atoms with Crippen molar-refractivity contribution in [2.24, 2.45) is 5.92 Å². The molecule has 0 unspecified atom stereocenters. The Balaban J connectivity index is 1.67. The van der Waals surface area contributed by atoms with Gasteiger partial charge in [0.25, 0.3) is 0 Å². The van der Waals surface area contributed by atoms with Gasteiger partial charge in [0.1, 0.15) is 0 Å². The molecule has 1 aromatic carbocycles. The van der Waals surface area contributed by atoms with Crippen molar-refractivity contribution < 1.29 is 9.59 Å². The highest BCUT2D eigenvalue weighted by Crippen LogP contribution is 2.19. The van der Waals surface area contributed by atoms with Crippen molar-refractivity contribution in [1.29, 1.82) is 0 Å². The third-order valence-electron chi connectivity index (χ3n) is 4.78. The lowest BCUT2D eigenvalue weighted by Crippen LogP contribution is -2.43. The Bertz CT molecular complexity index is 569. The number of hydrogen-bond donors (Lipinski definition) is 2. The van der Waals surface area contributed by atoms with E-state index in [1.54, 1.807) is 11.8 Å². The molecule has 1 aliphatic heterocycles. The van der Waals surface area contributed by atoms with E-state index in [1.807, 2.05) is 30.5 Å². The molecule has 1 aromatic rings. The molecule has 1 aliphatic rings. The summed E-state index contributed by atoms with van der Waals surface area (Å²) < 4.78 is 0. The van der Waals surface area contributed by atoms with Crippen LogP contribution in [0.2, 0.25) is 0 Å². The van der Waals surface area contributed by atoms with Crippen LogP contribution in [0.3, 0.4) is 0 Å². The lowest BCUT2D eigenvalue weighted by atomic mass is 9.96. The fraction of sp³-hybridized carbons (Fsp3) is 0.600. The Morgan fingerprint density at radius 2 is 1.85 bits per heavy atom. The number of rotatable bonds is 9. The summed E-state index contributed by atoms with van der Waals surface area (Å²) in [5.74, 6) is 0.276. The predicted molar refractivity (Wildman–Crippen MR) is 109 cm³/mol. The van der Waals surface area contributed by atoms with Gasteiger partial charge in [-0.05, 0) is 62.9 Å². The molecular formula is C20H31N3O2S. The largest absolute Gasteiger partial charge is 0.356 e. The lowest BCUT2D eigenvalue weighted by molar-refractivity contribution is -0.126. The number of benzene rings is 1. The maximum Gasteiger partial charge on any atom is 0.238 e. The molecule has 0 atom stereocenters. The number of hydrogen-bond acceptors (Lipinski definition) is 4. The second kappa shape index (κ2) is 11.2. The molecule has 6 heteroatoms. The van der Waals surface area contributed by atoms with Crippen molar-refractivity contribution in [2.75, 3.05) is 37.8 Å². The number of unbranched alkanes of at least 4 members (excludes halogenated alkanes) is 2. The Morgan fingerprint density at radius 1 is 1.15 bits per heavy atom. The van der Waals surface area contributed by atoms with Crippen LogP contribution >= 0.6 is 11.8 Å². The van der Waals surface area contributed by atoms with Crippen molar-refractivity contribution in [3.63, 3.8) is 0 Å². The van der Waals surface area contributed by atoms with Crippen LogP contribution in [0.25, 0.3) is 0 Å². The zero-order chi connectivity index (χ0) is 18.8. The molecule has 144 valence electrons. The first-order valence-electron chi connectivity index (χ1n) is 9.56. The van der Waals surface area contributed by atoms with Gasteiger partial charge in [0.15, 0.2) is 0 Å². The van der Waals surface area contributed by atoms with Gasteiger partial charge in [-0.2, -0.15) is 0 Å². The molecule has 1 heterocycles. The summed E-state index contributed by atoms with van der Waals surface area (Å²) in [7, 11) is 0. The van der Waals surface area contributed by atoms with Crippen LogP contribution in [-0.4, -0.2) is 49.1 Å². The Morgan fingerprint density at radius 3 is 2.46 bits per heavy atom. The minimum Gasteiger partial charge on any atom is -0.356 e. The second-order valence-electron chi connectivity index (χ2n) is 6.83. The predicted octanol–water partition coefficient (Wildman–Crippen LogP) is 3.37. The molecule has 5 nitrogen and oxygen atoms in total. The van der Waals surface area contributed by atoms with E-state index in [0.717, 1.165) is 57.4 Å². The van der Waals surface area contributed by atoms with Gasteiger partial charge >= 0.3 is 0 Å². The molecule has 0 spiro atoms. The number of likely N-dealkylation sites (tertiary alicyclic amines) is 1. The van der Waals surface area contributed by atoms with Gasteiger partial charge < -0.3 is 10.6 Å². The number of carbonyl (C=O) groups is 2. The topological polar surface area (TPSA) is 61.4 Å². The van der Waals surface area contributed by atoms with E-state index in [0.29, 0.717) is 6.54 Å². The molecule has 2 amide bonds. The van der Waals surface area contributed by atoms with Crippen LogP contribution in [0.4, 0.5) is 5.69 Å². The van der Waals surface area contributed by atoms with Gasteiger partial charge in [0.2, 0.25) is 11.8 Å². The molecule has 0 bridgehead atoms. The highest BCUT2D eigenvalue weighted by Gasteiger charge is 2.25. The molecular weight excluding hydrogens is 346 g/mol. The number of nitrogens with one attached hydrogen (secondary N) is 2. The summed E-state index contributed by atoms with van der Waals surface area (Å²) in [6.07, 6.45) is 7.07. The second-order valence-corrected chi connectivity index (χ2v) is 7.70. The van der Waals surface area contributed by atoms with Gasteiger partial charge in [-0.1, -0.05) is 19.8 Å². The maximum absolute atomic E-state index is 12.2. The van der Waals surface area contributed by atoms with E-state index < -0.39 is 0 Å². The Kier molecular flexibility index (Phi) is 8.98. The number of nitrogens with zero attached hydrogens (tertiary/aromatic N) is 1. The van der Waals surface area contributed by atoms with Gasteiger partial charge in [-0.15, -0.1) is 11.8 Å². The fourth-order valence-electron chi connectivity index (χ4n) is 3.16. The van der Waals surface area contributed by atoms with Gasteiger partial charge in [-0.3, -0.25) is 14.5 Å². The molecule has 1 saturated heterocycles. The fourth-order valence-corrected chi connectivity index (χ4v) is 3.57. The Hall–Kier alpha value is -1.53. The third-order valence-corrected chi connectivity index (χ3v) is 5.52. The van der Waals surface area contributed by atoms with Crippen molar-refractivity contribution in [3.05, 3.63) is 24.3 Å². The minimum absolute atomic E-state index is 0.00405. The zero-order valence-corrected chi connectivity index (χ0v) is 16.7. The number of thioether (sulfide) groups is 1. The summed E-state index contributed by atoms with van der Waals surface area (Å²) in [4.78, 5) is 27.7. The van der Waals surface area contributed by atoms with Crippen molar-refractivity contribution in [1.82, 2.24) is 10.2 Å². The first-order chi connectivity index (χ1) is 12.6. The molecule has 2 N–H and O–H groups in total. The third kappa shape index (κ3) is 7.00. The molecule has 0 saturated carbocycles. The van der Waals surface area contributed by atoms with Crippen LogP contribution in [0, 0.1) is 5.92 Å². The van der Waals surface area contributed by atoms with Gasteiger partial charge in [0, 0.05) is 23.0 Å². The van der Waals surface area contributed by atoms with Crippen LogP contribution in [0.15, 0.2) is 29.2 Å². The van der Waals surface area contributed by atoms with E-state index in [1.165, 1.54) is 4.90 Å². The average molecular weight is 378 g/mol. The van der Waals surface area contributed by atoms with Crippen LogP contribution in [-0.2, 0) is 9.59 Å². The van der Waals surface area contributed by atoms with E-state index in [-0.39, 0.29) is 17.7 Å². The van der Waals surface area contributed by atoms with Crippen molar-refractivity contribution >= 4 is 29.3 Å². The molecule has 2 rings (SSSR count). The lowest BCUT2D eigenvalue weighted by Gasteiger charge is -2.30. The van der Waals surface area contributed by atoms with Crippen LogP contribution in [0.5, 0.6) is 0 Å². The molecule has 1 fully saturated rings. The zero-order valence-electron chi connectivity index (χ0n) is 15.9. The standard InChI is InChI=1S/C20H31N3O2S/c1-3-4-5-12-21-20(25)16-10-13-23(14-11-16)15-19(24)22-17-6-8-18(26-2)9-7-17/h6-9,16H,3-5,10-15H2,1-2H3,(H,21,25)(H,22,24). The van der Waals surface area contributed by atoms with Crippen LogP contribution in [0.1, 0.15) is 39.0 Å². The summed E-state index contributed by atoms with van der Waals surface area (Å²) >= 11 is 1.68. The Labute approximate surface area is 161 Å². The monoisotopic (exact) mass is 377 g/mol. The SMILES string of the molecule is CCCCCNC(=O)C1CCN(CC(=O)Nc2ccc(SC)cc2)CC1. The van der Waals surface area contributed by atoms with Crippen molar-refractivity contribution in [2.45, 2.75) is 43.9 Å². The average Bonchev–Trinajstić information content (AvgIpc) is 2.66. The van der Waals surface area contributed by atoms with E-state index in [4.69, 9.17) is 0 Å². The summed E-state index contributed by atoms with van der Waals surface area (Å²) in [5.41, 5.74) is 0.828. The summed E-state index contributed by atoms with van der Waals surface area (Å²) in [6.45, 7) is 4.92. The quantitative estimate of drug-likeness (QED) is 0.512. The highest BCUT2D eigenvalue weighted by molar-refractivity contribution is 7.98. The first-order valence-corrected chi connectivity index (χ1v) is 10.8. The number of anilines is 1. The molecule has 0 radical (unpaired) electrons. The first kappa shape index (κ1) is 20.8. The van der Waals surface area contributed by atoms with E-state index in [2.05, 4.69) is 22.5 Å². The van der Waals surface area contributed by atoms with Gasteiger partial charge in [-0.25, -0.2) is 0 Å². The normalized spacial score (nSPS) is 15.6. The van der Waals surface area contributed by atoms with E-state index in [9.17, 15) is 9.59 Å². The van der Waals surface area contributed by atoms with Crippen molar-refractivity contribution in [3.8, 4) is 0 Å². The smallest absolute Gasteiger partial charge is 0.238 e. The summed E-state index contributed by atoms with van der Waals surface area (Å²) in [6, 6.07) is 7.87. The summed E-state index contributed by atoms with van der Waals surface area (Å²) in [5, 5.41) is 5.99. The van der Waals surface area contributed by atoms with E-state index >= 15 is 0 Å². The number of piperidine rings is 1. The number of carbonyl (C=O) groups excluding carboxylic acids is 2. The molecule has 0 aromatic heterocycles. The molecule has 0 aliphatic carbocycles.